The Morgan fingerprint density at radius 1 is 0.944 bits per heavy atom. The van der Waals surface area contributed by atoms with E-state index in [1.165, 1.54) is 0 Å². The van der Waals surface area contributed by atoms with E-state index in [0.29, 0.717) is 6.54 Å². The van der Waals surface area contributed by atoms with Crippen molar-refractivity contribution in [2.75, 3.05) is 6.54 Å². The van der Waals surface area contributed by atoms with Gasteiger partial charge in [0.15, 0.2) is 0 Å². The predicted molar refractivity (Wildman–Crippen MR) is 79.8 cm³/mol. The standard InChI is InChI=1S/C14H13Cl2NS/c15-11-2-5-12(6-3-11)18-13-4-1-10(7-8-17)14(16)9-13/h1-6,9H,7-8,17H2. The van der Waals surface area contributed by atoms with E-state index < -0.39 is 0 Å². The maximum absolute atomic E-state index is 6.21. The molecule has 0 aliphatic rings. The number of nitrogens with two attached hydrogens (primary N) is 1. The van der Waals surface area contributed by atoms with E-state index in [2.05, 4.69) is 6.07 Å². The molecule has 0 amide bonds. The summed E-state index contributed by atoms with van der Waals surface area (Å²) in [4.78, 5) is 2.25. The molecule has 0 aliphatic heterocycles. The fraction of sp³-hybridized carbons (Fsp3) is 0.143. The van der Waals surface area contributed by atoms with Crippen molar-refractivity contribution in [2.24, 2.45) is 5.73 Å². The lowest BCUT2D eigenvalue weighted by atomic mass is 10.1. The van der Waals surface area contributed by atoms with E-state index in [1.54, 1.807) is 11.8 Å². The molecule has 0 heterocycles. The lowest BCUT2D eigenvalue weighted by Gasteiger charge is -2.06. The number of hydrogen-bond donors (Lipinski definition) is 1. The van der Waals surface area contributed by atoms with Crippen molar-refractivity contribution in [3.05, 3.63) is 58.1 Å². The van der Waals surface area contributed by atoms with Crippen LogP contribution in [0.4, 0.5) is 0 Å². The summed E-state index contributed by atoms with van der Waals surface area (Å²) in [5.41, 5.74) is 6.63. The number of hydrogen-bond acceptors (Lipinski definition) is 2. The summed E-state index contributed by atoms with van der Waals surface area (Å²) >= 11 is 13.7. The van der Waals surface area contributed by atoms with Gasteiger partial charge >= 0.3 is 0 Å². The molecule has 0 unspecified atom stereocenters. The summed E-state index contributed by atoms with van der Waals surface area (Å²) in [5, 5.41) is 1.52. The van der Waals surface area contributed by atoms with Crippen molar-refractivity contribution in [3.8, 4) is 0 Å². The molecule has 18 heavy (non-hydrogen) atoms. The van der Waals surface area contributed by atoms with Crippen molar-refractivity contribution in [3.63, 3.8) is 0 Å². The highest BCUT2D eigenvalue weighted by Gasteiger charge is 2.03. The van der Waals surface area contributed by atoms with E-state index in [1.807, 2.05) is 36.4 Å². The first-order chi connectivity index (χ1) is 8.69. The molecule has 0 fully saturated rings. The average Bonchev–Trinajstić information content (AvgIpc) is 2.36. The predicted octanol–water partition coefficient (Wildman–Crippen LogP) is 4.65. The van der Waals surface area contributed by atoms with Gasteiger partial charge < -0.3 is 5.73 Å². The first-order valence-corrected chi connectivity index (χ1v) is 7.18. The van der Waals surface area contributed by atoms with Crippen LogP contribution < -0.4 is 5.73 Å². The van der Waals surface area contributed by atoms with Gasteiger partial charge in [-0.25, -0.2) is 0 Å². The van der Waals surface area contributed by atoms with E-state index >= 15 is 0 Å². The summed E-state index contributed by atoms with van der Waals surface area (Å²) in [5.74, 6) is 0. The molecule has 2 aromatic rings. The number of rotatable bonds is 4. The minimum atomic E-state index is 0.614. The van der Waals surface area contributed by atoms with Crippen molar-refractivity contribution in [1.82, 2.24) is 0 Å². The third-order valence-electron chi connectivity index (χ3n) is 2.49. The summed E-state index contributed by atoms with van der Waals surface area (Å²) in [7, 11) is 0. The maximum atomic E-state index is 6.21. The molecule has 0 saturated carbocycles. The number of halogens is 2. The second-order valence-electron chi connectivity index (χ2n) is 3.85. The quantitative estimate of drug-likeness (QED) is 0.889. The Bertz CT molecular complexity index is 526. The molecule has 1 nitrogen and oxygen atoms in total. The summed E-state index contributed by atoms with van der Waals surface area (Å²) in [6.45, 7) is 0.614. The Labute approximate surface area is 121 Å². The van der Waals surface area contributed by atoms with Gasteiger partial charge in [-0.1, -0.05) is 41.0 Å². The summed E-state index contributed by atoms with van der Waals surface area (Å²) in [6.07, 6.45) is 0.810. The van der Waals surface area contributed by atoms with Crippen LogP contribution in [-0.2, 0) is 6.42 Å². The second-order valence-corrected chi connectivity index (χ2v) is 5.84. The fourth-order valence-electron chi connectivity index (χ4n) is 1.59. The largest absolute Gasteiger partial charge is 0.330 e. The molecule has 0 aromatic heterocycles. The van der Waals surface area contributed by atoms with Crippen molar-refractivity contribution in [1.29, 1.82) is 0 Å². The van der Waals surface area contributed by atoms with Gasteiger partial charge in [0.25, 0.3) is 0 Å². The third kappa shape index (κ3) is 3.66. The van der Waals surface area contributed by atoms with Gasteiger partial charge in [0.05, 0.1) is 0 Å². The molecule has 94 valence electrons. The Hall–Kier alpha value is -0.670. The molecule has 0 atom stereocenters. The molecule has 0 spiro atoms. The lowest BCUT2D eigenvalue weighted by Crippen LogP contribution is -2.02. The highest BCUT2D eigenvalue weighted by atomic mass is 35.5. The smallest absolute Gasteiger partial charge is 0.0449 e. The number of benzene rings is 2. The van der Waals surface area contributed by atoms with Crippen LogP contribution >= 0.6 is 35.0 Å². The topological polar surface area (TPSA) is 26.0 Å². The zero-order valence-corrected chi connectivity index (χ0v) is 12.0. The van der Waals surface area contributed by atoms with Crippen LogP contribution in [0.1, 0.15) is 5.56 Å². The van der Waals surface area contributed by atoms with Gasteiger partial charge in [0, 0.05) is 19.8 Å². The lowest BCUT2D eigenvalue weighted by molar-refractivity contribution is 0.967. The Morgan fingerprint density at radius 3 is 2.22 bits per heavy atom. The van der Waals surface area contributed by atoms with Crippen molar-refractivity contribution < 1.29 is 0 Å². The molecule has 0 aliphatic carbocycles. The first kappa shape index (κ1) is 13.8. The molecular weight excluding hydrogens is 285 g/mol. The molecule has 2 N–H and O–H groups in total. The second kappa shape index (κ2) is 6.48. The first-order valence-electron chi connectivity index (χ1n) is 5.61. The molecule has 0 bridgehead atoms. The minimum Gasteiger partial charge on any atom is -0.330 e. The highest BCUT2D eigenvalue weighted by molar-refractivity contribution is 7.99. The van der Waals surface area contributed by atoms with Crippen LogP contribution in [0, 0.1) is 0 Å². The molecule has 2 aromatic carbocycles. The van der Waals surface area contributed by atoms with Gasteiger partial charge in [-0.3, -0.25) is 0 Å². The van der Waals surface area contributed by atoms with Crippen LogP contribution in [-0.4, -0.2) is 6.54 Å². The van der Waals surface area contributed by atoms with Crippen molar-refractivity contribution in [2.45, 2.75) is 16.2 Å². The van der Waals surface area contributed by atoms with E-state index in [0.717, 1.165) is 31.8 Å². The zero-order valence-electron chi connectivity index (χ0n) is 9.70. The summed E-state index contributed by atoms with van der Waals surface area (Å²) < 4.78 is 0. The van der Waals surface area contributed by atoms with Gasteiger partial charge in [-0.2, -0.15) is 0 Å². The van der Waals surface area contributed by atoms with Crippen LogP contribution in [0.15, 0.2) is 52.3 Å². The van der Waals surface area contributed by atoms with Crippen LogP contribution in [0.25, 0.3) is 0 Å². The third-order valence-corrected chi connectivity index (χ3v) is 4.09. The van der Waals surface area contributed by atoms with Crippen molar-refractivity contribution >= 4 is 35.0 Å². The molecule has 4 heteroatoms. The molecule has 0 radical (unpaired) electrons. The molecular formula is C14H13Cl2NS. The van der Waals surface area contributed by atoms with Crippen LogP contribution in [0.5, 0.6) is 0 Å². The average molecular weight is 298 g/mol. The highest BCUT2D eigenvalue weighted by Crippen LogP contribution is 2.31. The van der Waals surface area contributed by atoms with E-state index in [4.69, 9.17) is 28.9 Å². The molecule has 2 rings (SSSR count). The Kier molecular flexibility index (Phi) is 4.95. The fourth-order valence-corrected chi connectivity index (χ4v) is 2.91. The Morgan fingerprint density at radius 2 is 1.61 bits per heavy atom. The maximum Gasteiger partial charge on any atom is 0.0449 e. The molecule has 0 saturated heterocycles. The van der Waals surface area contributed by atoms with Gasteiger partial charge in [0.2, 0.25) is 0 Å². The van der Waals surface area contributed by atoms with Gasteiger partial charge in [-0.15, -0.1) is 0 Å². The Balaban J connectivity index is 2.14. The zero-order chi connectivity index (χ0) is 13.0. The van der Waals surface area contributed by atoms with Crippen LogP contribution in [0.2, 0.25) is 10.0 Å². The van der Waals surface area contributed by atoms with E-state index in [-0.39, 0.29) is 0 Å². The minimum absolute atomic E-state index is 0.614. The SMILES string of the molecule is NCCc1ccc(Sc2ccc(Cl)cc2)cc1Cl. The summed E-state index contributed by atoms with van der Waals surface area (Å²) in [6, 6.07) is 13.8. The monoisotopic (exact) mass is 297 g/mol. The van der Waals surface area contributed by atoms with Gasteiger partial charge in [-0.05, 0) is 54.9 Å². The normalized spacial score (nSPS) is 10.6. The van der Waals surface area contributed by atoms with Crippen LogP contribution in [0.3, 0.4) is 0 Å². The van der Waals surface area contributed by atoms with E-state index in [9.17, 15) is 0 Å². The van der Waals surface area contributed by atoms with Gasteiger partial charge in [0.1, 0.15) is 0 Å².